The Labute approximate surface area is 183 Å². The first-order chi connectivity index (χ1) is 15.1. The van der Waals surface area contributed by atoms with Gasteiger partial charge in [-0.05, 0) is 43.4 Å². The van der Waals surface area contributed by atoms with Gasteiger partial charge in [0.05, 0.1) is 10.5 Å². The van der Waals surface area contributed by atoms with Gasteiger partial charge in [-0.3, -0.25) is 14.9 Å². The molecule has 2 aromatic carbocycles. The van der Waals surface area contributed by atoms with Crippen LogP contribution in [0.3, 0.4) is 0 Å². The quantitative estimate of drug-likeness (QED) is 0.492. The normalized spacial score (nSPS) is 14.8. The van der Waals surface area contributed by atoms with Crippen molar-refractivity contribution in [1.29, 1.82) is 0 Å². The molecule has 1 aliphatic heterocycles. The number of rotatable bonds is 7. The maximum atomic E-state index is 12.8. The van der Waals surface area contributed by atoms with Gasteiger partial charge in [0.25, 0.3) is 5.69 Å². The van der Waals surface area contributed by atoms with Gasteiger partial charge in [0.1, 0.15) is 5.69 Å². The highest BCUT2D eigenvalue weighted by molar-refractivity contribution is 5.91. The van der Waals surface area contributed by atoms with E-state index in [4.69, 9.17) is 0 Å². The van der Waals surface area contributed by atoms with Crippen LogP contribution in [-0.2, 0) is 11.0 Å². The number of alkyl halides is 3. The van der Waals surface area contributed by atoms with Crippen LogP contribution in [0.5, 0.6) is 0 Å². The smallest absolute Gasteiger partial charge is 0.379 e. The summed E-state index contributed by atoms with van der Waals surface area (Å²) >= 11 is 0. The summed E-state index contributed by atoms with van der Waals surface area (Å²) < 4.78 is 38.3. The second-order valence-electron chi connectivity index (χ2n) is 7.55. The summed E-state index contributed by atoms with van der Waals surface area (Å²) in [5.41, 5.74) is -0.180. The minimum absolute atomic E-state index is 0.0155. The average Bonchev–Trinajstić information content (AvgIpc) is 2.74. The molecule has 1 saturated heterocycles. The molecule has 0 aromatic heterocycles. The molecule has 2 N–H and O–H groups in total. The van der Waals surface area contributed by atoms with E-state index >= 15 is 0 Å². The lowest BCUT2D eigenvalue weighted by molar-refractivity contribution is -0.384. The van der Waals surface area contributed by atoms with Gasteiger partial charge < -0.3 is 20.4 Å². The van der Waals surface area contributed by atoms with Crippen LogP contribution in [0.2, 0.25) is 0 Å². The molecular formula is C21H24F3N5O3. The molecule has 0 saturated carbocycles. The zero-order valence-corrected chi connectivity index (χ0v) is 17.5. The minimum atomic E-state index is -4.68. The Bertz CT molecular complexity index is 958. The lowest BCUT2D eigenvalue weighted by Crippen LogP contribution is -2.44. The van der Waals surface area contributed by atoms with Crippen LogP contribution >= 0.6 is 0 Å². The van der Waals surface area contributed by atoms with E-state index in [0.29, 0.717) is 11.8 Å². The Morgan fingerprint density at radius 3 is 2.34 bits per heavy atom. The number of halogens is 3. The number of nitrogens with one attached hydrogen (secondary N) is 2. The van der Waals surface area contributed by atoms with E-state index in [0.717, 1.165) is 44.0 Å². The summed E-state index contributed by atoms with van der Waals surface area (Å²) in [6.07, 6.45) is -4.69. The fourth-order valence-electron chi connectivity index (χ4n) is 3.36. The Morgan fingerprint density at radius 2 is 1.75 bits per heavy atom. The number of nitrogens with zero attached hydrogens (tertiary/aromatic N) is 3. The maximum absolute atomic E-state index is 12.8. The number of carbonyl (C=O) groups is 1. The molecule has 3 rings (SSSR count). The summed E-state index contributed by atoms with van der Waals surface area (Å²) in [6.45, 7) is 3.87. The number of nitro benzene ring substituents is 1. The van der Waals surface area contributed by atoms with Gasteiger partial charge in [0.15, 0.2) is 0 Å². The van der Waals surface area contributed by atoms with Gasteiger partial charge in [-0.15, -0.1) is 0 Å². The van der Waals surface area contributed by atoms with Crippen LogP contribution < -0.4 is 15.5 Å². The number of piperazine rings is 1. The molecule has 11 heteroatoms. The molecule has 2 aromatic rings. The summed E-state index contributed by atoms with van der Waals surface area (Å²) in [4.78, 5) is 26.9. The van der Waals surface area contributed by atoms with Gasteiger partial charge in [0.2, 0.25) is 5.91 Å². The van der Waals surface area contributed by atoms with Crippen molar-refractivity contribution < 1.29 is 22.9 Å². The monoisotopic (exact) mass is 451 g/mol. The van der Waals surface area contributed by atoms with Gasteiger partial charge in [-0.1, -0.05) is 0 Å². The van der Waals surface area contributed by atoms with Crippen LogP contribution in [0, 0.1) is 10.1 Å². The lowest BCUT2D eigenvalue weighted by Gasteiger charge is -2.34. The standard InChI is InChI=1S/C21H24F3N5O3/c1-27-10-12-28(13-11-27)17-5-3-16(4-6-17)26-20(30)8-9-25-18-7-2-15(21(22,23)24)14-19(18)29(31)32/h2-7,14,25H,8-13H2,1H3,(H,26,30). The molecule has 1 aliphatic rings. The average molecular weight is 451 g/mol. The van der Waals surface area contributed by atoms with E-state index in [-0.39, 0.29) is 24.6 Å². The highest BCUT2D eigenvalue weighted by Crippen LogP contribution is 2.34. The first-order valence-electron chi connectivity index (χ1n) is 10.1. The Morgan fingerprint density at radius 1 is 1.09 bits per heavy atom. The number of benzene rings is 2. The predicted octanol–water partition coefficient (Wildman–Crippen LogP) is 3.81. The van der Waals surface area contributed by atoms with E-state index in [9.17, 15) is 28.1 Å². The van der Waals surface area contributed by atoms with Crippen molar-refractivity contribution in [2.75, 3.05) is 55.3 Å². The van der Waals surface area contributed by atoms with Crippen molar-refractivity contribution in [3.63, 3.8) is 0 Å². The maximum Gasteiger partial charge on any atom is 0.416 e. The molecule has 0 aliphatic carbocycles. The largest absolute Gasteiger partial charge is 0.416 e. The summed E-state index contributed by atoms with van der Waals surface area (Å²) in [5, 5.41) is 16.5. The molecule has 0 spiro atoms. The summed E-state index contributed by atoms with van der Waals surface area (Å²) in [7, 11) is 2.08. The fraction of sp³-hybridized carbons (Fsp3) is 0.381. The molecule has 0 radical (unpaired) electrons. The highest BCUT2D eigenvalue weighted by atomic mass is 19.4. The van der Waals surface area contributed by atoms with E-state index in [1.54, 1.807) is 12.1 Å². The van der Waals surface area contributed by atoms with E-state index in [1.165, 1.54) is 0 Å². The van der Waals surface area contributed by atoms with Crippen LogP contribution in [0.4, 0.5) is 35.9 Å². The van der Waals surface area contributed by atoms with Gasteiger partial charge in [-0.2, -0.15) is 13.2 Å². The van der Waals surface area contributed by atoms with Crippen LogP contribution in [0.25, 0.3) is 0 Å². The van der Waals surface area contributed by atoms with Crippen LogP contribution in [0.15, 0.2) is 42.5 Å². The third-order valence-electron chi connectivity index (χ3n) is 5.21. The third kappa shape index (κ3) is 6.10. The minimum Gasteiger partial charge on any atom is -0.379 e. The SMILES string of the molecule is CN1CCN(c2ccc(NC(=O)CCNc3ccc(C(F)(F)F)cc3[N+](=O)[O-])cc2)CC1. The lowest BCUT2D eigenvalue weighted by atomic mass is 10.1. The number of hydrogen-bond acceptors (Lipinski definition) is 6. The molecule has 0 unspecified atom stereocenters. The first-order valence-corrected chi connectivity index (χ1v) is 10.1. The van der Waals surface area contributed by atoms with Gasteiger partial charge in [-0.25, -0.2) is 0 Å². The molecule has 172 valence electrons. The van der Waals surface area contributed by atoms with Gasteiger partial charge in [0, 0.05) is 56.6 Å². The molecular weight excluding hydrogens is 427 g/mol. The van der Waals surface area contributed by atoms with Crippen molar-refractivity contribution >= 4 is 28.7 Å². The number of anilines is 3. The first kappa shape index (κ1) is 23.3. The summed E-state index contributed by atoms with van der Waals surface area (Å²) in [6, 6.07) is 9.71. The number of carbonyl (C=O) groups excluding carboxylic acids is 1. The van der Waals surface area contributed by atoms with E-state index in [1.807, 2.05) is 12.1 Å². The van der Waals surface area contributed by atoms with E-state index < -0.39 is 22.4 Å². The molecule has 1 heterocycles. The van der Waals surface area contributed by atoms with Crippen molar-refractivity contribution in [2.45, 2.75) is 12.6 Å². The molecule has 32 heavy (non-hydrogen) atoms. The topological polar surface area (TPSA) is 90.8 Å². The highest BCUT2D eigenvalue weighted by Gasteiger charge is 2.33. The van der Waals surface area contributed by atoms with Crippen LogP contribution in [-0.4, -0.2) is 55.5 Å². The molecule has 1 fully saturated rings. The molecule has 1 amide bonds. The summed E-state index contributed by atoms with van der Waals surface area (Å²) in [5.74, 6) is -0.320. The van der Waals surface area contributed by atoms with Gasteiger partial charge >= 0.3 is 6.18 Å². The molecule has 8 nitrogen and oxygen atoms in total. The number of amides is 1. The number of likely N-dealkylation sites (N-methyl/N-ethyl adjacent to an activating group) is 1. The van der Waals surface area contributed by atoms with Crippen molar-refractivity contribution in [3.05, 3.63) is 58.1 Å². The zero-order valence-electron chi connectivity index (χ0n) is 17.5. The van der Waals surface area contributed by atoms with Crippen molar-refractivity contribution in [3.8, 4) is 0 Å². The van der Waals surface area contributed by atoms with Crippen molar-refractivity contribution in [2.24, 2.45) is 0 Å². The predicted molar refractivity (Wildman–Crippen MR) is 116 cm³/mol. The number of hydrogen-bond donors (Lipinski definition) is 2. The Kier molecular flexibility index (Phi) is 7.18. The Hall–Kier alpha value is -3.34. The third-order valence-corrected chi connectivity index (χ3v) is 5.21. The number of nitro groups is 1. The van der Waals surface area contributed by atoms with Crippen LogP contribution in [0.1, 0.15) is 12.0 Å². The second-order valence-corrected chi connectivity index (χ2v) is 7.55. The zero-order chi connectivity index (χ0) is 23.3. The Balaban J connectivity index is 1.51. The fourth-order valence-corrected chi connectivity index (χ4v) is 3.36. The second kappa shape index (κ2) is 9.86. The molecule has 0 bridgehead atoms. The van der Waals surface area contributed by atoms with E-state index in [2.05, 4.69) is 27.5 Å². The van der Waals surface area contributed by atoms with Crippen molar-refractivity contribution in [1.82, 2.24) is 4.90 Å². The molecule has 0 atom stereocenters.